The van der Waals surface area contributed by atoms with Gasteiger partial charge in [0.1, 0.15) is 0 Å². The van der Waals surface area contributed by atoms with Crippen LogP contribution in [0.3, 0.4) is 0 Å². The van der Waals surface area contributed by atoms with Crippen molar-refractivity contribution >= 4 is 16.1 Å². The summed E-state index contributed by atoms with van der Waals surface area (Å²) in [6, 6.07) is 0. The van der Waals surface area contributed by atoms with Crippen LogP contribution in [0.25, 0.3) is 0 Å². The molecule has 0 aliphatic carbocycles. The molecule has 7 nitrogen and oxygen atoms in total. The molecule has 1 amide bonds. The topological polar surface area (TPSA) is 73.0 Å². The van der Waals surface area contributed by atoms with Crippen molar-refractivity contribution in [1.29, 1.82) is 0 Å². The molecule has 0 radical (unpaired) electrons. The minimum Gasteiger partial charge on any atom is -0.340 e. The zero-order chi connectivity index (χ0) is 14.5. The average molecular weight is 292 g/mol. The van der Waals surface area contributed by atoms with Gasteiger partial charge in [-0.25, -0.2) is 0 Å². The van der Waals surface area contributed by atoms with Gasteiger partial charge in [-0.3, -0.25) is 4.79 Å². The average Bonchev–Trinajstić information content (AvgIpc) is 2.39. The van der Waals surface area contributed by atoms with E-state index < -0.39 is 10.2 Å². The summed E-state index contributed by atoms with van der Waals surface area (Å²) in [5.74, 6) is 0.0860. The van der Waals surface area contributed by atoms with Crippen molar-refractivity contribution in [2.45, 2.75) is 13.3 Å². The van der Waals surface area contributed by atoms with E-state index in [0.717, 1.165) is 6.54 Å². The predicted molar refractivity (Wildman–Crippen MR) is 73.9 cm³/mol. The number of carbonyl (C=O) groups is 1. The number of hydrogen-bond acceptors (Lipinski definition) is 4. The van der Waals surface area contributed by atoms with Crippen LogP contribution in [0.4, 0.5) is 0 Å². The summed E-state index contributed by atoms with van der Waals surface area (Å²) in [4.78, 5) is 13.6. The molecule has 1 saturated heterocycles. The Bertz CT molecular complexity index is 389. The highest BCUT2D eigenvalue weighted by Gasteiger charge is 2.29. The lowest BCUT2D eigenvalue weighted by molar-refractivity contribution is -0.132. The van der Waals surface area contributed by atoms with Crippen LogP contribution in [-0.4, -0.2) is 81.2 Å². The van der Waals surface area contributed by atoms with Crippen LogP contribution in [0.15, 0.2) is 0 Å². The molecule has 0 spiro atoms. The van der Waals surface area contributed by atoms with Crippen LogP contribution >= 0.6 is 0 Å². The van der Waals surface area contributed by atoms with Gasteiger partial charge in [-0.15, -0.1) is 0 Å². The molecule has 1 N–H and O–H groups in total. The Kier molecular flexibility index (Phi) is 6.18. The first kappa shape index (κ1) is 16.4. The maximum absolute atomic E-state index is 11.9. The molecule has 1 heterocycles. The molecule has 112 valence electrons. The fourth-order valence-corrected chi connectivity index (χ4v) is 3.02. The second kappa shape index (κ2) is 7.18. The molecule has 0 unspecified atom stereocenters. The highest BCUT2D eigenvalue weighted by molar-refractivity contribution is 7.86. The molecule has 0 saturated carbocycles. The van der Waals surface area contributed by atoms with E-state index in [9.17, 15) is 13.2 Å². The third-order valence-corrected chi connectivity index (χ3v) is 5.09. The van der Waals surface area contributed by atoms with E-state index in [1.165, 1.54) is 22.7 Å². The number of nitrogens with one attached hydrogen (secondary N) is 1. The van der Waals surface area contributed by atoms with E-state index >= 15 is 0 Å². The number of nitrogens with zero attached hydrogens (tertiary/aromatic N) is 3. The first-order valence-corrected chi connectivity index (χ1v) is 7.95. The molecule has 0 atom stereocenters. The van der Waals surface area contributed by atoms with Gasteiger partial charge < -0.3 is 10.2 Å². The standard InChI is InChI=1S/C11H24N4O3S/c1-4-12-6-5-11(16)14-7-9-15(10-8-14)19(17,18)13(2)3/h12H,4-10H2,1-3H3. The van der Waals surface area contributed by atoms with E-state index in [4.69, 9.17) is 0 Å². The molecule has 8 heteroatoms. The zero-order valence-electron chi connectivity index (χ0n) is 11.9. The molecule has 0 aromatic rings. The van der Waals surface area contributed by atoms with E-state index in [-0.39, 0.29) is 5.91 Å². The van der Waals surface area contributed by atoms with E-state index in [1.54, 1.807) is 4.90 Å². The Balaban J connectivity index is 2.43. The van der Waals surface area contributed by atoms with Crippen LogP contribution in [0.2, 0.25) is 0 Å². The number of rotatable bonds is 6. The van der Waals surface area contributed by atoms with Crippen molar-refractivity contribution in [1.82, 2.24) is 18.8 Å². The fraction of sp³-hybridized carbons (Fsp3) is 0.909. The number of carbonyl (C=O) groups excluding carboxylic acids is 1. The Labute approximate surface area is 115 Å². The van der Waals surface area contributed by atoms with Crippen molar-refractivity contribution < 1.29 is 13.2 Å². The van der Waals surface area contributed by atoms with Gasteiger partial charge in [0.2, 0.25) is 5.91 Å². The molecule has 0 aromatic heterocycles. The van der Waals surface area contributed by atoms with E-state index in [2.05, 4.69) is 5.32 Å². The number of hydrogen-bond donors (Lipinski definition) is 1. The Morgan fingerprint density at radius 3 is 2.26 bits per heavy atom. The van der Waals surface area contributed by atoms with Crippen molar-refractivity contribution in [2.75, 3.05) is 53.4 Å². The van der Waals surface area contributed by atoms with Crippen LogP contribution in [0.1, 0.15) is 13.3 Å². The van der Waals surface area contributed by atoms with Gasteiger partial charge in [-0.2, -0.15) is 17.0 Å². The largest absolute Gasteiger partial charge is 0.340 e. The SMILES string of the molecule is CCNCCC(=O)N1CCN(S(=O)(=O)N(C)C)CC1. The third-order valence-electron chi connectivity index (χ3n) is 3.14. The van der Waals surface area contributed by atoms with Crippen LogP contribution < -0.4 is 5.32 Å². The van der Waals surface area contributed by atoms with Crippen molar-refractivity contribution in [3.63, 3.8) is 0 Å². The maximum atomic E-state index is 11.9. The van der Waals surface area contributed by atoms with Crippen molar-refractivity contribution in [2.24, 2.45) is 0 Å². The Morgan fingerprint density at radius 1 is 1.21 bits per heavy atom. The first-order chi connectivity index (χ1) is 8.89. The lowest BCUT2D eigenvalue weighted by Crippen LogP contribution is -2.53. The normalized spacial score (nSPS) is 18.0. The van der Waals surface area contributed by atoms with Crippen LogP contribution in [-0.2, 0) is 15.0 Å². The highest BCUT2D eigenvalue weighted by atomic mass is 32.2. The summed E-state index contributed by atoms with van der Waals surface area (Å²) in [5.41, 5.74) is 0. The number of piperazine rings is 1. The zero-order valence-corrected chi connectivity index (χ0v) is 12.7. The van der Waals surface area contributed by atoms with Gasteiger partial charge in [0.05, 0.1) is 0 Å². The molecule has 1 fully saturated rings. The molecular weight excluding hydrogens is 268 g/mol. The second-order valence-corrected chi connectivity index (χ2v) is 6.82. The summed E-state index contributed by atoms with van der Waals surface area (Å²) in [6.45, 7) is 5.19. The maximum Gasteiger partial charge on any atom is 0.281 e. The quantitative estimate of drug-likeness (QED) is 0.633. The van der Waals surface area contributed by atoms with E-state index in [0.29, 0.717) is 39.1 Å². The first-order valence-electron chi connectivity index (χ1n) is 6.55. The molecule has 1 aliphatic heterocycles. The third kappa shape index (κ3) is 4.41. The van der Waals surface area contributed by atoms with Gasteiger partial charge in [-0.1, -0.05) is 6.92 Å². The summed E-state index contributed by atoms with van der Waals surface area (Å²) in [7, 11) is -0.319. The van der Waals surface area contributed by atoms with Gasteiger partial charge in [0.25, 0.3) is 10.2 Å². The van der Waals surface area contributed by atoms with Crippen LogP contribution in [0.5, 0.6) is 0 Å². The second-order valence-electron chi connectivity index (χ2n) is 4.67. The van der Waals surface area contributed by atoms with Gasteiger partial charge >= 0.3 is 0 Å². The minimum atomic E-state index is -3.35. The van der Waals surface area contributed by atoms with E-state index in [1.807, 2.05) is 6.92 Å². The smallest absolute Gasteiger partial charge is 0.281 e. The van der Waals surface area contributed by atoms with Gasteiger partial charge in [0, 0.05) is 53.2 Å². The summed E-state index contributed by atoms with van der Waals surface area (Å²) < 4.78 is 26.4. The number of amides is 1. The monoisotopic (exact) mass is 292 g/mol. The summed E-state index contributed by atoms with van der Waals surface area (Å²) >= 11 is 0. The van der Waals surface area contributed by atoms with Crippen molar-refractivity contribution in [3.8, 4) is 0 Å². The molecule has 1 rings (SSSR count). The van der Waals surface area contributed by atoms with Gasteiger partial charge in [-0.05, 0) is 6.54 Å². The predicted octanol–water partition coefficient (Wildman–Crippen LogP) is -1.06. The molecule has 1 aliphatic rings. The summed E-state index contributed by atoms with van der Waals surface area (Å²) in [5, 5.41) is 3.11. The summed E-state index contributed by atoms with van der Waals surface area (Å²) in [6.07, 6.45) is 0.467. The lowest BCUT2D eigenvalue weighted by atomic mass is 10.3. The fourth-order valence-electron chi connectivity index (χ4n) is 1.93. The molecule has 0 aromatic carbocycles. The van der Waals surface area contributed by atoms with Crippen molar-refractivity contribution in [3.05, 3.63) is 0 Å². The minimum absolute atomic E-state index is 0.0860. The van der Waals surface area contributed by atoms with Gasteiger partial charge in [0.15, 0.2) is 0 Å². The van der Waals surface area contributed by atoms with Crippen LogP contribution in [0, 0.1) is 0 Å². The molecule has 19 heavy (non-hydrogen) atoms. The molecular formula is C11H24N4O3S. The Hall–Kier alpha value is -0.700. The highest BCUT2D eigenvalue weighted by Crippen LogP contribution is 2.10. The molecule has 0 bridgehead atoms. The lowest BCUT2D eigenvalue weighted by Gasteiger charge is -2.35. The Morgan fingerprint density at radius 2 is 1.79 bits per heavy atom.